The Kier molecular flexibility index (Phi) is 6.62. The minimum absolute atomic E-state index is 0.163. The molecule has 3 nitrogen and oxygen atoms in total. The molecule has 0 N–H and O–H groups in total. The van der Waals surface area contributed by atoms with Gasteiger partial charge in [0.1, 0.15) is 0 Å². The molecule has 1 aromatic rings. The van der Waals surface area contributed by atoms with Gasteiger partial charge in [0.2, 0.25) is 0 Å². The molecule has 0 radical (unpaired) electrons. The molecule has 1 aromatic carbocycles. The van der Waals surface area contributed by atoms with Crippen molar-refractivity contribution in [2.24, 2.45) is 0 Å². The van der Waals surface area contributed by atoms with Gasteiger partial charge in [-0.25, -0.2) is 0 Å². The van der Waals surface area contributed by atoms with Crippen LogP contribution in [0.2, 0.25) is 0 Å². The topological polar surface area (TPSA) is 35.5 Å². The Morgan fingerprint density at radius 1 is 1.06 bits per heavy atom. The van der Waals surface area contributed by atoms with E-state index in [1.54, 1.807) is 0 Å². The van der Waals surface area contributed by atoms with Gasteiger partial charge in [-0.3, -0.25) is 4.57 Å². The van der Waals surface area contributed by atoms with Gasteiger partial charge in [0, 0.05) is 0 Å². The SMILES string of the molecule is CCCC(c1ccccc1)P(=O)(OCC)OCC. The minimum Gasteiger partial charge on any atom is -0.308 e. The van der Waals surface area contributed by atoms with Crippen LogP contribution < -0.4 is 0 Å². The average Bonchev–Trinajstić information content (AvgIpc) is 2.37. The van der Waals surface area contributed by atoms with Gasteiger partial charge in [-0.1, -0.05) is 43.7 Å². The summed E-state index contributed by atoms with van der Waals surface area (Å²) in [6, 6.07) is 9.86. The maximum Gasteiger partial charge on any atom is 0.338 e. The monoisotopic (exact) mass is 270 g/mol. The molecule has 1 unspecified atom stereocenters. The van der Waals surface area contributed by atoms with Crippen LogP contribution in [0.5, 0.6) is 0 Å². The van der Waals surface area contributed by atoms with Gasteiger partial charge in [-0.15, -0.1) is 0 Å². The molecule has 1 rings (SSSR count). The third-order valence-electron chi connectivity index (χ3n) is 2.75. The van der Waals surface area contributed by atoms with Crippen LogP contribution in [0.1, 0.15) is 44.8 Å². The zero-order chi connectivity index (χ0) is 13.4. The Morgan fingerprint density at radius 2 is 1.61 bits per heavy atom. The molecular weight excluding hydrogens is 247 g/mol. The Balaban J connectivity index is 3.04. The Labute approximate surface area is 110 Å². The second-order valence-corrected chi connectivity index (χ2v) is 6.31. The molecule has 0 fully saturated rings. The van der Waals surface area contributed by atoms with Crippen LogP contribution in [0.3, 0.4) is 0 Å². The molecule has 0 saturated heterocycles. The van der Waals surface area contributed by atoms with Crippen molar-refractivity contribution < 1.29 is 13.6 Å². The predicted molar refractivity (Wildman–Crippen MR) is 74.9 cm³/mol. The van der Waals surface area contributed by atoms with Crippen LogP contribution in [-0.4, -0.2) is 13.2 Å². The summed E-state index contributed by atoms with van der Waals surface area (Å²) in [5.41, 5.74) is 0.869. The maximum absolute atomic E-state index is 12.9. The highest BCUT2D eigenvalue weighted by Crippen LogP contribution is 2.62. The van der Waals surface area contributed by atoms with E-state index in [4.69, 9.17) is 9.05 Å². The van der Waals surface area contributed by atoms with Crippen molar-refractivity contribution in [3.8, 4) is 0 Å². The van der Waals surface area contributed by atoms with E-state index in [-0.39, 0.29) is 5.66 Å². The Morgan fingerprint density at radius 3 is 2.06 bits per heavy atom. The summed E-state index contributed by atoms with van der Waals surface area (Å²) in [6.07, 6.45) is 1.75. The number of rotatable bonds is 8. The second kappa shape index (κ2) is 7.73. The fraction of sp³-hybridized carbons (Fsp3) is 0.571. The van der Waals surface area contributed by atoms with Crippen LogP contribution in [-0.2, 0) is 13.6 Å². The largest absolute Gasteiger partial charge is 0.338 e. The first kappa shape index (κ1) is 15.4. The Bertz CT molecular complexity index is 368. The van der Waals surface area contributed by atoms with E-state index in [1.807, 2.05) is 44.2 Å². The molecule has 0 heterocycles. The fourth-order valence-electron chi connectivity index (χ4n) is 2.03. The van der Waals surface area contributed by atoms with E-state index in [0.29, 0.717) is 13.2 Å². The van der Waals surface area contributed by atoms with Crippen molar-refractivity contribution in [1.82, 2.24) is 0 Å². The van der Waals surface area contributed by atoms with Gasteiger partial charge >= 0.3 is 7.60 Å². The highest BCUT2D eigenvalue weighted by molar-refractivity contribution is 7.54. The molecule has 0 aliphatic rings. The zero-order valence-corrected chi connectivity index (χ0v) is 12.4. The van der Waals surface area contributed by atoms with Gasteiger partial charge in [0.15, 0.2) is 0 Å². The van der Waals surface area contributed by atoms with E-state index in [0.717, 1.165) is 18.4 Å². The average molecular weight is 270 g/mol. The van der Waals surface area contributed by atoms with E-state index in [2.05, 4.69) is 6.92 Å². The molecule has 0 aliphatic carbocycles. The van der Waals surface area contributed by atoms with Crippen LogP contribution in [0.4, 0.5) is 0 Å². The summed E-state index contributed by atoms with van der Waals surface area (Å²) in [5, 5.41) is 0. The number of hydrogen-bond acceptors (Lipinski definition) is 3. The molecule has 18 heavy (non-hydrogen) atoms. The van der Waals surface area contributed by atoms with E-state index in [1.165, 1.54) is 0 Å². The van der Waals surface area contributed by atoms with Crippen molar-refractivity contribution in [3.05, 3.63) is 35.9 Å². The van der Waals surface area contributed by atoms with Crippen molar-refractivity contribution in [2.45, 2.75) is 39.3 Å². The third kappa shape index (κ3) is 3.94. The molecule has 0 aromatic heterocycles. The molecule has 0 aliphatic heterocycles. The van der Waals surface area contributed by atoms with Crippen molar-refractivity contribution >= 4 is 7.60 Å². The van der Waals surface area contributed by atoms with Crippen LogP contribution in [0, 0.1) is 0 Å². The van der Waals surface area contributed by atoms with Gasteiger partial charge in [-0.2, -0.15) is 0 Å². The highest BCUT2D eigenvalue weighted by atomic mass is 31.2. The maximum atomic E-state index is 12.9. The quantitative estimate of drug-likeness (QED) is 0.637. The number of benzene rings is 1. The van der Waals surface area contributed by atoms with Gasteiger partial charge < -0.3 is 9.05 Å². The van der Waals surface area contributed by atoms with Gasteiger partial charge in [0.25, 0.3) is 0 Å². The predicted octanol–water partition coefficient (Wildman–Crippen LogP) is 4.79. The van der Waals surface area contributed by atoms with E-state index < -0.39 is 7.60 Å². The van der Waals surface area contributed by atoms with Crippen molar-refractivity contribution in [2.75, 3.05) is 13.2 Å². The zero-order valence-electron chi connectivity index (χ0n) is 11.5. The van der Waals surface area contributed by atoms with Crippen molar-refractivity contribution in [3.63, 3.8) is 0 Å². The first-order valence-corrected chi connectivity index (χ1v) is 8.22. The van der Waals surface area contributed by atoms with Gasteiger partial charge in [0.05, 0.1) is 18.9 Å². The van der Waals surface area contributed by atoms with Crippen LogP contribution in [0.25, 0.3) is 0 Å². The molecule has 1 atom stereocenters. The number of hydrogen-bond donors (Lipinski definition) is 0. The molecule has 0 amide bonds. The summed E-state index contributed by atoms with van der Waals surface area (Å²) in [4.78, 5) is 0. The summed E-state index contributed by atoms with van der Waals surface area (Å²) in [6.45, 7) is 6.59. The summed E-state index contributed by atoms with van der Waals surface area (Å²) in [7, 11) is -3.07. The minimum atomic E-state index is -3.07. The van der Waals surface area contributed by atoms with Crippen LogP contribution in [0.15, 0.2) is 30.3 Å². The smallest absolute Gasteiger partial charge is 0.308 e. The molecule has 0 spiro atoms. The molecule has 0 saturated carbocycles. The van der Waals surface area contributed by atoms with E-state index in [9.17, 15) is 4.57 Å². The second-order valence-electron chi connectivity index (χ2n) is 4.09. The standard InChI is InChI=1S/C14H23O3P/c1-4-10-14(13-11-8-7-9-12-13)18(15,16-5-2)17-6-3/h7-9,11-12,14H,4-6,10H2,1-3H3. The van der Waals surface area contributed by atoms with E-state index >= 15 is 0 Å². The lowest BCUT2D eigenvalue weighted by Gasteiger charge is -2.26. The van der Waals surface area contributed by atoms with Crippen molar-refractivity contribution in [1.29, 1.82) is 0 Å². The summed E-state index contributed by atoms with van der Waals surface area (Å²) >= 11 is 0. The van der Waals surface area contributed by atoms with Crippen LogP contribution >= 0.6 is 7.60 Å². The first-order valence-electron chi connectivity index (χ1n) is 6.61. The third-order valence-corrected chi connectivity index (χ3v) is 5.30. The first-order chi connectivity index (χ1) is 8.68. The summed E-state index contributed by atoms with van der Waals surface area (Å²) in [5.74, 6) is 0. The lowest BCUT2D eigenvalue weighted by Crippen LogP contribution is -2.06. The molecule has 0 bridgehead atoms. The molecular formula is C14H23O3P. The normalized spacial score (nSPS) is 13.5. The lowest BCUT2D eigenvalue weighted by molar-refractivity contribution is 0.210. The Hall–Kier alpha value is -0.630. The van der Waals surface area contributed by atoms with Gasteiger partial charge in [-0.05, 0) is 25.8 Å². The fourth-order valence-corrected chi connectivity index (χ4v) is 4.30. The lowest BCUT2D eigenvalue weighted by atomic mass is 10.1. The summed E-state index contributed by atoms with van der Waals surface area (Å²) < 4.78 is 23.8. The highest BCUT2D eigenvalue weighted by Gasteiger charge is 2.35. The molecule has 4 heteroatoms. The molecule has 102 valence electrons.